The number of carboxylic acid groups (broad SMARTS) is 1. The number of rotatable bonds is 12. The first-order chi connectivity index (χ1) is 12.1. The lowest BCUT2D eigenvalue weighted by Crippen LogP contribution is -2.56. The lowest BCUT2D eigenvalue weighted by Gasteiger charge is -2.23. The molecule has 0 aromatic heterocycles. The number of thiol groups is 1. The number of nitrogens with zero attached hydrogens (tertiary/aromatic N) is 1. The van der Waals surface area contributed by atoms with E-state index in [9.17, 15) is 19.5 Å². The van der Waals surface area contributed by atoms with Crippen LogP contribution in [0.15, 0.2) is 4.99 Å². The molecule has 0 aromatic rings. The van der Waals surface area contributed by atoms with Gasteiger partial charge in [0.2, 0.25) is 11.8 Å². The number of carbonyl (C=O) groups excluding carboxylic acids is 2. The third-order valence-electron chi connectivity index (χ3n) is 3.94. The van der Waals surface area contributed by atoms with E-state index in [1.165, 1.54) is 0 Å². The van der Waals surface area contributed by atoms with Crippen LogP contribution >= 0.6 is 12.6 Å². The monoisotopic (exact) mass is 390 g/mol. The van der Waals surface area contributed by atoms with Crippen molar-refractivity contribution >= 4 is 36.4 Å². The Morgan fingerprint density at radius 2 is 1.73 bits per heavy atom. The summed E-state index contributed by atoms with van der Waals surface area (Å²) in [7, 11) is 0. The third-order valence-corrected chi connectivity index (χ3v) is 4.30. The van der Waals surface area contributed by atoms with Gasteiger partial charge in [-0.05, 0) is 18.8 Å². The summed E-state index contributed by atoms with van der Waals surface area (Å²) in [5.41, 5.74) is 16.2. The van der Waals surface area contributed by atoms with Gasteiger partial charge in [0.25, 0.3) is 0 Å². The van der Waals surface area contributed by atoms with Crippen molar-refractivity contribution in [3.05, 3.63) is 0 Å². The molecule has 0 fully saturated rings. The first-order valence-electron chi connectivity index (χ1n) is 8.39. The van der Waals surface area contributed by atoms with E-state index in [-0.39, 0.29) is 30.6 Å². The Hall–Kier alpha value is -2.01. The zero-order valence-corrected chi connectivity index (χ0v) is 16.0. The fourth-order valence-electron chi connectivity index (χ4n) is 2.01. The molecule has 26 heavy (non-hydrogen) atoms. The third kappa shape index (κ3) is 8.90. The summed E-state index contributed by atoms with van der Waals surface area (Å²) in [6.45, 7) is 3.98. The average molecular weight is 391 g/mol. The van der Waals surface area contributed by atoms with Gasteiger partial charge in [-0.15, -0.1) is 0 Å². The predicted molar refractivity (Wildman–Crippen MR) is 103 cm³/mol. The predicted octanol–water partition coefficient (Wildman–Crippen LogP) is -1.60. The minimum absolute atomic E-state index is 0.00510. The van der Waals surface area contributed by atoms with Gasteiger partial charge in [-0.2, -0.15) is 12.6 Å². The van der Waals surface area contributed by atoms with Crippen LogP contribution in [0.1, 0.15) is 33.1 Å². The van der Waals surface area contributed by atoms with E-state index < -0.39 is 35.9 Å². The normalized spacial score (nSPS) is 15.2. The Labute approximate surface area is 158 Å². The molecule has 11 heteroatoms. The Morgan fingerprint density at radius 1 is 1.15 bits per heavy atom. The van der Waals surface area contributed by atoms with Crippen LogP contribution in [0.4, 0.5) is 0 Å². The quantitative estimate of drug-likeness (QED) is 0.0904. The molecule has 4 atom stereocenters. The molecule has 0 saturated carbocycles. The molecule has 0 radical (unpaired) electrons. The molecule has 0 aliphatic rings. The zero-order chi connectivity index (χ0) is 20.3. The highest BCUT2D eigenvalue weighted by molar-refractivity contribution is 7.80. The number of hydrogen-bond acceptors (Lipinski definition) is 6. The van der Waals surface area contributed by atoms with Gasteiger partial charge >= 0.3 is 5.97 Å². The summed E-state index contributed by atoms with van der Waals surface area (Å²) < 4.78 is 0. The van der Waals surface area contributed by atoms with E-state index in [2.05, 4.69) is 28.3 Å². The molecular weight excluding hydrogens is 360 g/mol. The van der Waals surface area contributed by atoms with E-state index in [0.29, 0.717) is 12.8 Å². The van der Waals surface area contributed by atoms with Crippen molar-refractivity contribution in [2.24, 2.45) is 28.1 Å². The Kier molecular flexibility index (Phi) is 11.4. The topological polar surface area (TPSA) is 186 Å². The van der Waals surface area contributed by atoms with E-state index in [1.54, 1.807) is 0 Å². The zero-order valence-electron chi connectivity index (χ0n) is 15.1. The molecule has 0 saturated heterocycles. The van der Waals surface area contributed by atoms with Gasteiger partial charge in [0.15, 0.2) is 5.96 Å². The van der Waals surface area contributed by atoms with Crippen molar-refractivity contribution in [2.75, 3.05) is 12.3 Å². The molecule has 10 nitrogen and oxygen atoms in total. The number of aliphatic imine (C=N–C) groups is 1. The van der Waals surface area contributed by atoms with Gasteiger partial charge in [0.05, 0.1) is 6.04 Å². The second-order valence-corrected chi connectivity index (χ2v) is 6.37. The van der Waals surface area contributed by atoms with Crippen molar-refractivity contribution in [1.29, 1.82) is 0 Å². The van der Waals surface area contributed by atoms with Crippen LogP contribution in [0.2, 0.25) is 0 Å². The smallest absolute Gasteiger partial charge is 0.326 e. The molecule has 9 N–H and O–H groups in total. The number of nitrogens with two attached hydrogens (primary N) is 3. The van der Waals surface area contributed by atoms with E-state index >= 15 is 0 Å². The number of nitrogens with one attached hydrogen (secondary N) is 2. The molecule has 0 aromatic carbocycles. The lowest BCUT2D eigenvalue weighted by molar-refractivity contribution is -0.142. The molecule has 0 bridgehead atoms. The fourth-order valence-corrected chi connectivity index (χ4v) is 2.26. The minimum Gasteiger partial charge on any atom is -0.480 e. The maximum absolute atomic E-state index is 12.3. The molecule has 0 aliphatic heterocycles. The van der Waals surface area contributed by atoms with Gasteiger partial charge in [0, 0.05) is 12.3 Å². The van der Waals surface area contributed by atoms with Crippen LogP contribution in [0, 0.1) is 5.92 Å². The SMILES string of the molecule is CC[C@H](C)[C@H](N)C(=O)N[C@@H](CS)C(=O)N[C@@H](CCCN=C(N)N)C(=O)O. The average Bonchev–Trinajstić information content (AvgIpc) is 2.59. The van der Waals surface area contributed by atoms with E-state index in [4.69, 9.17) is 17.2 Å². The summed E-state index contributed by atoms with van der Waals surface area (Å²) in [6.07, 6.45) is 1.21. The van der Waals surface area contributed by atoms with E-state index in [0.717, 1.165) is 0 Å². The summed E-state index contributed by atoms with van der Waals surface area (Å²) in [5.74, 6) is -2.45. The van der Waals surface area contributed by atoms with Crippen molar-refractivity contribution in [1.82, 2.24) is 10.6 Å². The van der Waals surface area contributed by atoms with Crippen molar-refractivity contribution in [3.8, 4) is 0 Å². The van der Waals surface area contributed by atoms with Gasteiger partial charge in [0.1, 0.15) is 12.1 Å². The molecular formula is C15H30N6O4S. The summed E-state index contributed by atoms with van der Waals surface area (Å²) >= 11 is 4.05. The van der Waals surface area contributed by atoms with E-state index in [1.807, 2.05) is 13.8 Å². The molecule has 0 aliphatic carbocycles. The van der Waals surface area contributed by atoms with Crippen LogP contribution in [-0.4, -0.2) is 59.3 Å². The van der Waals surface area contributed by atoms with Crippen LogP contribution < -0.4 is 27.8 Å². The molecule has 0 spiro atoms. The highest BCUT2D eigenvalue weighted by Crippen LogP contribution is 2.06. The standard InChI is InChI=1S/C15H30N6O4S/c1-3-8(2)11(16)13(23)21-10(7-26)12(22)20-9(14(24)25)5-4-6-19-15(17)18/h8-11,26H,3-7,16H2,1-2H3,(H,20,22)(H,21,23)(H,24,25)(H4,17,18,19)/t8-,9-,10-,11-/m0/s1. The minimum atomic E-state index is -1.19. The second-order valence-electron chi connectivity index (χ2n) is 6.00. The largest absolute Gasteiger partial charge is 0.480 e. The highest BCUT2D eigenvalue weighted by atomic mass is 32.1. The number of amides is 2. The first kappa shape index (κ1) is 24.0. The maximum Gasteiger partial charge on any atom is 0.326 e. The van der Waals surface area contributed by atoms with Crippen molar-refractivity contribution in [2.45, 2.75) is 51.2 Å². The molecule has 0 unspecified atom stereocenters. The van der Waals surface area contributed by atoms with Crippen LogP contribution in [-0.2, 0) is 14.4 Å². The molecule has 0 heterocycles. The van der Waals surface area contributed by atoms with Crippen LogP contribution in [0.5, 0.6) is 0 Å². The number of carbonyl (C=O) groups is 3. The molecule has 0 rings (SSSR count). The lowest BCUT2D eigenvalue weighted by atomic mass is 9.99. The summed E-state index contributed by atoms with van der Waals surface area (Å²) in [6, 6.07) is -2.87. The van der Waals surface area contributed by atoms with Gasteiger partial charge in [-0.25, -0.2) is 4.79 Å². The Morgan fingerprint density at radius 3 is 2.19 bits per heavy atom. The fraction of sp³-hybridized carbons (Fsp3) is 0.733. The first-order valence-corrected chi connectivity index (χ1v) is 9.02. The van der Waals surface area contributed by atoms with Crippen LogP contribution in [0.25, 0.3) is 0 Å². The van der Waals surface area contributed by atoms with Gasteiger partial charge < -0.3 is 32.9 Å². The second kappa shape index (κ2) is 12.4. The highest BCUT2D eigenvalue weighted by Gasteiger charge is 2.28. The Bertz CT molecular complexity index is 512. The maximum atomic E-state index is 12.3. The Balaban J connectivity index is 4.74. The number of carboxylic acids is 1. The number of aliphatic carboxylic acids is 1. The van der Waals surface area contributed by atoms with Gasteiger partial charge in [-0.3, -0.25) is 14.6 Å². The molecule has 150 valence electrons. The molecule has 2 amide bonds. The summed E-state index contributed by atoms with van der Waals surface area (Å²) in [4.78, 5) is 39.4. The summed E-state index contributed by atoms with van der Waals surface area (Å²) in [5, 5.41) is 14.1. The van der Waals surface area contributed by atoms with Crippen molar-refractivity contribution < 1.29 is 19.5 Å². The van der Waals surface area contributed by atoms with Gasteiger partial charge in [-0.1, -0.05) is 20.3 Å². The number of guanidine groups is 1. The van der Waals surface area contributed by atoms with Crippen molar-refractivity contribution in [3.63, 3.8) is 0 Å². The number of hydrogen-bond donors (Lipinski definition) is 7. The van der Waals surface area contributed by atoms with Crippen LogP contribution in [0.3, 0.4) is 0 Å².